The normalized spacial score (nSPS) is 20.6. The standard InChI is InChI=1S/C14H14N2O.C2H6/c1-9-6-13-10(14(17)7-9)8-15-11-4-2-3-5-12(11)16-13;1-2/h2-5,8-9,16H,6-7H2,1H3;1-2H3. The van der Waals surface area contributed by atoms with Crippen LogP contribution in [0.2, 0.25) is 0 Å². The van der Waals surface area contributed by atoms with Gasteiger partial charge in [0.25, 0.3) is 0 Å². The zero-order chi connectivity index (χ0) is 13.8. The van der Waals surface area contributed by atoms with E-state index in [9.17, 15) is 4.79 Å². The van der Waals surface area contributed by atoms with E-state index in [1.165, 1.54) is 0 Å². The van der Waals surface area contributed by atoms with Gasteiger partial charge in [0.2, 0.25) is 0 Å². The fourth-order valence-corrected chi connectivity index (χ4v) is 2.38. The second-order valence-corrected chi connectivity index (χ2v) is 4.73. The fourth-order valence-electron chi connectivity index (χ4n) is 2.38. The average Bonchev–Trinajstić information content (AvgIpc) is 2.59. The Balaban J connectivity index is 0.000000637. The molecule has 3 heteroatoms. The van der Waals surface area contributed by atoms with Crippen LogP contribution in [0.4, 0.5) is 11.4 Å². The molecular weight excluding hydrogens is 236 g/mol. The van der Waals surface area contributed by atoms with Gasteiger partial charge < -0.3 is 5.32 Å². The molecule has 1 N–H and O–H groups in total. The van der Waals surface area contributed by atoms with Crippen molar-refractivity contribution in [3.05, 3.63) is 35.5 Å². The molecule has 3 nitrogen and oxygen atoms in total. The maximum absolute atomic E-state index is 12.0. The highest BCUT2D eigenvalue weighted by Crippen LogP contribution is 2.33. The smallest absolute Gasteiger partial charge is 0.166 e. The lowest BCUT2D eigenvalue weighted by Crippen LogP contribution is -2.21. The van der Waals surface area contributed by atoms with Crippen LogP contribution in [0.1, 0.15) is 33.6 Å². The van der Waals surface area contributed by atoms with Crippen LogP contribution in [0.3, 0.4) is 0 Å². The molecule has 0 saturated carbocycles. The van der Waals surface area contributed by atoms with Crippen LogP contribution in [0.5, 0.6) is 0 Å². The lowest BCUT2D eigenvalue weighted by molar-refractivity contribution is -0.116. The number of aliphatic imine (C=N–C) groups is 1. The second-order valence-electron chi connectivity index (χ2n) is 4.73. The molecule has 3 rings (SSSR count). The SMILES string of the molecule is CC.CC1CC(=O)C2=C(C1)Nc1ccccc1N=C2. The lowest BCUT2D eigenvalue weighted by Gasteiger charge is -2.22. The summed E-state index contributed by atoms with van der Waals surface area (Å²) in [5.41, 5.74) is 3.64. The minimum atomic E-state index is 0.197. The van der Waals surface area contributed by atoms with Crippen molar-refractivity contribution in [2.45, 2.75) is 33.6 Å². The summed E-state index contributed by atoms with van der Waals surface area (Å²) in [6, 6.07) is 7.87. The number of benzene rings is 1. The second kappa shape index (κ2) is 5.83. The minimum Gasteiger partial charge on any atom is -0.356 e. The van der Waals surface area contributed by atoms with E-state index in [-0.39, 0.29) is 5.78 Å². The van der Waals surface area contributed by atoms with Crippen LogP contribution in [0, 0.1) is 5.92 Å². The number of nitrogens with one attached hydrogen (secondary N) is 1. The molecule has 1 heterocycles. The van der Waals surface area contributed by atoms with Gasteiger partial charge in [0.05, 0.1) is 16.9 Å². The molecule has 1 aliphatic heterocycles. The Morgan fingerprint density at radius 2 is 1.95 bits per heavy atom. The first-order chi connectivity index (χ1) is 9.24. The number of rotatable bonds is 0. The number of nitrogens with zero attached hydrogens (tertiary/aromatic N) is 1. The van der Waals surface area contributed by atoms with Crippen LogP contribution in [0.25, 0.3) is 0 Å². The summed E-state index contributed by atoms with van der Waals surface area (Å²) in [5, 5.41) is 3.36. The highest BCUT2D eigenvalue weighted by Gasteiger charge is 2.25. The van der Waals surface area contributed by atoms with Crippen molar-refractivity contribution in [1.29, 1.82) is 0 Å². The zero-order valence-corrected chi connectivity index (χ0v) is 11.7. The fraction of sp³-hybridized carbons (Fsp3) is 0.375. The largest absolute Gasteiger partial charge is 0.356 e. The third-order valence-electron chi connectivity index (χ3n) is 3.23. The summed E-state index contributed by atoms with van der Waals surface area (Å²) in [6.07, 6.45) is 3.26. The molecule has 0 saturated heterocycles. The predicted molar refractivity (Wildman–Crippen MR) is 80.0 cm³/mol. The van der Waals surface area contributed by atoms with E-state index in [4.69, 9.17) is 0 Å². The van der Waals surface area contributed by atoms with Gasteiger partial charge in [-0.25, -0.2) is 0 Å². The lowest BCUT2D eigenvalue weighted by atomic mass is 9.88. The zero-order valence-electron chi connectivity index (χ0n) is 11.7. The molecular formula is C16H20N2O. The molecule has 1 aromatic rings. The van der Waals surface area contributed by atoms with Crippen molar-refractivity contribution in [3.8, 4) is 0 Å². The maximum Gasteiger partial charge on any atom is 0.166 e. The number of hydrogen-bond donors (Lipinski definition) is 1. The van der Waals surface area contributed by atoms with E-state index in [2.05, 4.69) is 17.2 Å². The molecule has 1 aromatic carbocycles. The number of Topliss-reactive ketones (excluding diaryl/α,β-unsaturated/α-hetero) is 1. The van der Waals surface area contributed by atoms with Gasteiger partial charge in [0.15, 0.2) is 5.78 Å². The highest BCUT2D eigenvalue weighted by atomic mass is 16.1. The van der Waals surface area contributed by atoms with Crippen LogP contribution < -0.4 is 5.32 Å². The molecule has 100 valence electrons. The summed E-state index contributed by atoms with van der Waals surface area (Å²) in [7, 11) is 0. The Morgan fingerprint density at radius 1 is 1.21 bits per heavy atom. The molecule has 0 fully saturated rings. The summed E-state index contributed by atoms with van der Waals surface area (Å²) >= 11 is 0. The summed E-state index contributed by atoms with van der Waals surface area (Å²) in [4.78, 5) is 16.3. The van der Waals surface area contributed by atoms with Crippen molar-refractivity contribution in [2.75, 3.05) is 5.32 Å². The van der Waals surface area contributed by atoms with Gasteiger partial charge in [0, 0.05) is 18.3 Å². The monoisotopic (exact) mass is 256 g/mol. The van der Waals surface area contributed by atoms with Crippen LogP contribution in [-0.2, 0) is 4.79 Å². The van der Waals surface area contributed by atoms with Crippen LogP contribution in [0.15, 0.2) is 40.5 Å². The third kappa shape index (κ3) is 2.75. The number of carbonyl (C=O) groups excluding carboxylic acids is 1. The van der Waals surface area contributed by atoms with Gasteiger partial charge in [-0.15, -0.1) is 0 Å². The van der Waals surface area contributed by atoms with Crippen molar-refractivity contribution in [3.63, 3.8) is 0 Å². The average molecular weight is 256 g/mol. The van der Waals surface area contributed by atoms with Crippen molar-refractivity contribution < 1.29 is 4.79 Å². The van der Waals surface area contributed by atoms with Crippen molar-refractivity contribution >= 4 is 23.4 Å². The first-order valence-corrected chi connectivity index (χ1v) is 6.90. The first-order valence-electron chi connectivity index (χ1n) is 6.90. The first kappa shape index (κ1) is 13.5. The van der Waals surface area contributed by atoms with Crippen LogP contribution in [-0.4, -0.2) is 12.0 Å². The number of ketones is 1. The van der Waals surface area contributed by atoms with E-state index in [0.29, 0.717) is 12.3 Å². The molecule has 2 aliphatic rings. The predicted octanol–water partition coefficient (Wildman–Crippen LogP) is 4.09. The highest BCUT2D eigenvalue weighted by molar-refractivity contribution is 6.16. The Hall–Kier alpha value is -1.90. The van der Waals surface area contributed by atoms with Gasteiger partial charge in [-0.2, -0.15) is 0 Å². The molecule has 1 aliphatic carbocycles. The number of para-hydroxylation sites is 2. The maximum atomic E-state index is 12.0. The Bertz CT molecular complexity index is 543. The Morgan fingerprint density at radius 3 is 2.74 bits per heavy atom. The number of allylic oxidation sites excluding steroid dienone is 2. The molecule has 0 amide bonds. The molecule has 0 aromatic heterocycles. The van der Waals surface area contributed by atoms with Crippen LogP contribution >= 0.6 is 0 Å². The van der Waals surface area contributed by atoms with Crippen molar-refractivity contribution in [1.82, 2.24) is 0 Å². The van der Waals surface area contributed by atoms with E-state index in [1.807, 2.05) is 38.1 Å². The minimum absolute atomic E-state index is 0.197. The molecule has 0 spiro atoms. The van der Waals surface area contributed by atoms with E-state index in [1.54, 1.807) is 6.21 Å². The number of fused-ring (bicyclic) bond motifs is 1. The number of carbonyl (C=O) groups is 1. The molecule has 0 radical (unpaired) electrons. The Kier molecular flexibility index (Phi) is 4.15. The summed E-state index contributed by atoms with van der Waals surface area (Å²) < 4.78 is 0. The molecule has 19 heavy (non-hydrogen) atoms. The van der Waals surface area contributed by atoms with E-state index < -0.39 is 0 Å². The molecule has 1 atom stereocenters. The third-order valence-corrected chi connectivity index (χ3v) is 3.23. The van der Waals surface area contributed by atoms with Gasteiger partial charge in [-0.3, -0.25) is 9.79 Å². The molecule has 0 bridgehead atoms. The van der Waals surface area contributed by atoms with Gasteiger partial charge in [0.1, 0.15) is 0 Å². The summed E-state index contributed by atoms with van der Waals surface area (Å²) in [5.74, 6) is 0.607. The summed E-state index contributed by atoms with van der Waals surface area (Å²) in [6.45, 7) is 6.11. The van der Waals surface area contributed by atoms with E-state index >= 15 is 0 Å². The number of hydrogen-bond acceptors (Lipinski definition) is 3. The molecule has 1 unspecified atom stereocenters. The van der Waals surface area contributed by atoms with Crippen molar-refractivity contribution in [2.24, 2.45) is 10.9 Å². The van der Waals surface area contributed by atoms with Gasteiger partial charge >= 0.3 is 0 Å². The quantitative estimate of drug-likeness (QED) is 0.759. The van der Waals surface area contributed by atoms with E-state index in [0.717, 1.165) is 29.1 Å². The van der Waals surface area contributed by atoms with Gasteiger partial charge in [-0.05, 0) is 24.5 Å². The van der Waals surface area contributed by atoms with Gasteiger partial charge in [-0.1, -0.05) is 32.9 Å². The Labute approximate surface area is 114 Å². The topological polar surface area (TPSA) is 41.5 Å². The number of anilines is 1.